The molecule has 4 nitrogen and oxygen atoms in total. The molecule has 18 heavy (non-hydrogen) atoms. The molecule has 0 fully saturated rings. The molecule has 0 saturated carbocycles. The molecule has 0 aliphatic carbocycles. The minimum absolute atomic E-state index is 0.127. The van der Waals surface area contributed by atoms with Gasteiger partial charge in [-0.2, -0.15) is 4.98 Å². The van der Waals surface area contributed by atoms with E-state index in [4.69, 9.17) is 22.1 Å². The molecule has 2 aromatic rings. The third-order valence-corrected chi connectivity index (χ3v) is 2.79. The molecule has 1 aromatic heterocycles. The summed E-state index contributed by atoms with van der Waals surface area (Å²) in [5.74, 6) is 1.01. The fraction of sp³-hybridized carbons (Fsp3) is 0.231. The van der Waals surface area contributed by atoms with E-state index < -0.39 is 0 Å². The molecule has 0 bridgehead atoms. The monoisotopic (exact) mass is 263 g/mol. The van der Waals surface area contributed by atoms with E-state index >= 15 is 0 Å². The number of aromatic nitrogens is 2. The number of hydrogen-bond donors (Lipinski definition) is 1. The molecule has 0 amide bonds. The largest absolute Gasteiger partial charge is 0.437 e. The third-order valence-electron chi connectivity index (χ3n) is 2.62. The second-order valence-electron chi connectivity index (χ2n) is 4.17. The van der Waals surface area contributed by atoms with Crippen LogP contribution in [-0.2, 0) is 0 Å². The summed E-state index contributed by atoms with van der Waals surface area (Å²) in [5.41, 5.74) is 9.00. The molecule has 0 aliphatic heterocycles. The van der Waals surface area contributed by atoms with Crippen LogP contribution in [0.4, 0.5) is 5.69 Å². The zero-order chi connectivity index (χ0) is 13.3. The molecule has 0 unspecified atom stereocenters. The van der Waals surface area contributed by atoms with Crippen LogP contribution >= 0.6 is 11.6 Å². The maximum Gasteiger partial charge on any atom is 0.247 e. The van der Waals surface area contributed by atoms with E-state index in [1.807, 2.05) is 32.0 Å². The van der Waals surface area contributed by atoms with Gasteiger partial charge in [0.05, 0.1) is 5.69 Å². The Morgan fingerprint density at radius 3 is 2.61 bits per heavy atom. The lowest BCUT2D eigenvalue weighted by Gasteiger charge is -2.11. The predicted molar refractivity (Wildman–Crippen MR) is 72.2 cm³/mol. The Morgan fingerprint density at radius 2 is 1.89 bits per heavy atom. The Kier molecular flexibility index (Phi) is 3.39. The highest BCUT2D eigenvalue weighted by Gasteiger charge is 2.11. The van der Waals surface area contributed by atoms with Crippen LogP contribution in [0.3, 0.4) is 0 Å². The Balaban J connectivity index is 2.43. The molecule has 0 saturated heterocycles. The number of nitrogen functional groups attached to an aromatic ring is 1. The molecule has 94 valence electrons. The molecule has 0 aliphatic rings. The summed E-state index contributed by atoms with van der Waals surface area (Å²) >= 11 is 5.80. The van der Waals surface area contributed by atoms with E-state index in [0.29, 0.717) is 17.3 Å². The van der Waals surface area contributed by atoms with Crippen molar-refractivity contribution in [2.24, 2.45) is 0 Å². The Hall–Kier alpha value is -1.81. The van der Waals surface area contributed by atoms with Gasteiger partial charge in [0.2, 0.25) is 11.2 Å². The fourth-order valence-electron chi connectivity index (χ4n) is 1.52. The Morgan fingerprint density at radius 1 is 1.17 bits per heavy atom. The minimum atomic E-state index is 0.127. The first kappa shape index (κ1) is 12.6. The van der Waals surface area contributed by atoms with E-state index in [2.05, 4.69) is 9.97 Å². The van der Waals surface area contributed by atoms with Crippen LogP contribution in [0.5, 0.6) is 11.6 Å². The lowest BCUT2D eigenvalue weighted by atomic mass is 10.1. The van der Waals surface area contributed by atoms with Crippen LogP contribution in [0, 0.1) is 20.8 Å². The summed E-state index contributed by atoms with van der Waals surface area (Å²) in [6.07, 6.45) is 0. The molecule has 2 rings (SSSR count). The average Bonchev–Trinajstić information content (AvgIpc) is 2.30. The number of aryl methyl sites for hydroxylation is 3. The van der Waals surface area contributed by atoms with E-state index in [9.17, 15) is 0 Å². The van der Waals surface area contributed by atoms with E-state index in [0.717, 1.165) is 16.9 Å². The lowest BCUT2D eigenvalue weighted by molar-refractivity contribution is 0.460. The quantitative estimate of drug-likeness (QED) is 0.844. The second-order valence-corrected chi connectivity index (χ2v) is 4.51. The Bertz CT molecular complexity index is 599. The maximum absolute atomic E-state index is 5.88. The van der Waals surface area contributed by atoms with Gasteiger partial charge in [0.15, 0.2) is 0 Å². The summed E-state index contributed by atoms with van der Waals surface area (Å²) < 4.78 is 5.72. The third kappa shape index (κ3) is 2.54. The highest BCUT2D eigenvalue weighted by Crippen LogP contribution is 2.30. The first-order valence-corrected chi connectivity index (χ1v) is 5.90. The van der Waals surface area contributed by atoms with Crippen molar-refractivity contribution < 1.29 is 4.74 Å². The fourth-order valence-corrected chi connectivity index (χ4v) is 1.73. The number of rotatable bonds is 2. The van der Waals surface area contributed by atoms with Crippen LogP contribution in [0.25, 0.3) is 0 Å². The van der Waals surface area contributed by atoms with E-state index in [-0.39, 0.29) is 5.28 Å². The molecular weight excluding hydrogens is 250 g/mol. The van der Waals surface area contributed by atoms with E-state index in [1.165, 1.54) is 0 Å². The summed E-state index contributed by atoms with van der Waals surface area (Å²) in [6, 6.07) is 5.93. The SMILES string of the molecule is Cc1ccc(C)c(Oc2nc(Cl)nc(C)c2N)c1. The van der Waals surface area contributed by atoms with Crippen molar-refractivity contribution in [3.8, 4) is 11.6 Å². The number of halogens is 1. The number of anilines is 1. The van der Waals surface area contributed by atoms with Crippen LogP contribution < -0.4 is 10.5 Å². The van der Waals surface area contributed by atoms with Crippen LogP contribution in [0.15, 0.2) is 18.2 Å². The molecule has 2 N–H and O–H groups in total. The molecule has 0 atom stereocenters. The number of nitrogens with two attached hydrogens (primary N) is 1. The van der Waals surface area contributed by atoms with Crippen molar-refractivity contribution in [3.63, 3.8) is 0 Å². The van der Waals surface area contributed by atoms with Gasteiger partial charge in [0.25, 0.3) is 0 Å². The minimum Gasteiger partial charge on any atom is -0.437 e. The standard InChI is InChI=1S/C13H14ClN3O/c1-7-4-5-8(2)10(6-7)18-12-11(15)9(3)16-13(14)17-12/h4-6H,15H2,1-3H3. The first-order chi connectivity index (χ1) is 8.47. The molecule has 1 aromatic carbocycles. The average molecular weight is 264 g/mol. The van der Waals surface area contributed by atoms with Crippen molar-refractivity contribution >= 4 is 17.3 Å². The van der Waals surface area contributed by atoms with Gasteiger partial charge >= 0.3 is 0 Å². The summed E-state index contributed by atoms with van der Waals surface area (Å²) in [7, 11) is 0. The van der Waals surface area contributed by atoms with Crippen molar-refractivity contribution in [1.29, 1.82) is 0 Å². The van der Waals surface area contributed by atoms with E-state index in [1.54, 1.807) is 6.92 Å². The van der Waals surface area contributed by atoms with Crippen molar-refractivity contribution in [1.82, 2.24) is 9.97 Å². The van der Waals surface area contributed by atoms with Gasteiger partial charge in [-0.1, -0.05) is 12.1 Å². The van der Waals surface area contributed by atoms with Crippen molar-refractivity contribution in [2.45, 2.75) is 20.8 Å². The summed E-state index contributed by atoms with van der Waals surface area (Å²) in [4.78, 5) is 7.97. The number of ether oxygens (including phenoxy) is 1. The molecule has 5 heteroatoms. The maximum atomic E-state index is 5.88. The van der Waals surface area contributed by atoms with Gasteiger partial charge < -0.3 is 10.5 Å². The van der Waals surface area contributed by atoms with Gasteiger partial charge in [0, 0.05) is 0 Å². The van der Waals surface area contributed by atoms with Gasteiger partial charge in [-0.15, -0.1) is 0 Å². The van der Waals surface area contributed by atoms with Crippen LogP contribution in [-0.4, -0.2) is 9.97 Å². The van der Waals surface area contributed by atoms with Crippen molar-refractivity contribution in [3.05, 3.63) is 40.3 Å². The predicted octanol–water partition coefficient (Wildman–Crippen LogP) is 3.43. The second kappa shape index (κ2) is 4.82. The molecule has 1 heterocycles. The lowest BCUT2D eigenvalue weighted by Crippen LogP contribution is -2.01. The highest BCUT2D eigenvalue weighted by atomic mass is 35.5. The van der Waals surface area contributed by atoms with Crippen LogP contribution in [0.2, 0.25) is 5.28 Å². The number of benzene rings is 1. The Labute approximate surface area is 111 Å². The summed E-state index contributed by atoms with van der Waals surface area (Å²) in [5, 5.41) is 0.127. The topological polar surface area (TPSA) is 61.0 Å². The number of nitrogens with zero attached hydrogens (tertiary/aromatic N) is 2. The van der Waals surface area contributed by atoms with Gasteiger partial charge in [-0.3, -0.25) is 0 Å². The van der Waals surface area contributed by atoms with Gasteiger partial charge in [-0.25, -0.2) is 4.98 Å². The molecule has 0 radical (unpaired) electrons. The van der Waals surface area contributed by atoms with Gasteiger partial charge in [-0.05, 0) is 49.6 Å². The van der Waals surface area contributed by atoms with Crippen LogP contribution in [0.1, 0.15) is 16.8 Å². The normalized spacial score (nSPS) is 10.4. The van der Waals surface area contributed by atoms with Gasteiger partial charge in [0.1, 0.15) is 11.4 Å². The van der Waals surface area contributed by atoms with Crippen molar-refractivity contribution in [2.75, 3.05) is 5.73 Å². The zero-order valence-electron chi connectivity index (χ0n) is 10.5. The zero-order valence-corrected chi connectivity index (χ0v) is 11.2. The molecular formula is C13H14ClN3O. The highest BCUT2D eigenvalue weighted by molar-refractivity contribution is 6.28. The first-order valence-electron chi connectivity index (χ1n) is 5.52. The smallest absolute Gasteiger partial charge is 0.247 e. The summed E-state index contributed by atoms with van der Waals surface area (Å²) in [6.45, 7) is 5.72. The molecule has 0 spiro atoms. The number of hydrogen-bond acceptors (Lipinski definition) is 4.